The number of hydrogen-bond donors (Lipinski definition) is 11. The molecule has 0 unspecified atom stereocenters. The van der Waals surface area contributed by atoms with Crippen molar-refractivity contribution in [3.63, 3.8) is 0 Å². The van der Waals surface area contributed by atoms with Crippen LogP contribution in [0.2, 0.25) is 0 Å². The van der Waals surface area contributed by atoms with E-state index in [1.165, 1.54) is 84.3 Å². The van der Waals surface area contributed by atoms with E-state index >= 15 is 0 Å². The molecule has 5 aromatic rings. The molecule has 11 fully saturated rings. The Morgan fingerprint density at radius 2 is 0.658 bits per heavy atom. The molecule has 0 bridgehead atoms. The summed E-state index contributed by atoms with van der Waals surface area (Å²) in [6, 6.07) is 6.59. The third-order valence-electron chi connectivity index (χ3n) is 24.6. The average Bonchev–Trinajstić information content (AvgIpc) is 1.54. The maximum absolute atomic E-state index is 14.1. The van der Waals surface area contributed by atoms with Gasteiger partial charge < -0.3 is 99.9 Å². The average molecular weight is 1670 g/mol. The minimum absolute atomic E-state index is 0. The van der Waals surface area contributed by atoms with Crippen LogP contribution >= 0.6 is 0 Å². The van der Waals surface area contributed by atoms with Crippen molar-refractivity contribution in [3.05, 3.63) is 134 Å². The number of aliphatic hydroxyl groups is 6. The number of aromatic nitrogens is 10. The SMILES string of the molecule is C.C.CC[C@@]1(CF)O[C@@H](n2ccc(=O)[nH]c2=O)[C@]2(C)OC3(CCCC3)O[C@H]12.CC[C@@]1(CF)O[C@@H](n2ccc(N)nc2=O)[C@](C)(O)[C@@H]1O.CC[C@@]1(CF)O[C@@H](n2ccc(N)nc2=O)[C@]2(C)OC3(CCCC3)O[C@H]12.C[C@@]1(O)[C@H](O)[C@](CO)(CF)O[C@H]1n1ccc(N)nc1=O.C[C@@]12OC3(CCCC3)O[C@@H]1[C@](CO)(CF)O[C@H]2n1ccc(=O)[nH]c1=O. The Hall–Kier alpha value is -7.63. The molecular formula is C75H110F5N13O24. The summed E-state index contributed by atoms with van der Waals surface area (Å²) in [4.78, 5) is 98.3. The predicted octanol–water partition coefficient (Wildman–Crippen LogP) is 2.78. The van der Waals surface area contributed by atoms with E-state index in [9.17, 15) is 86.2 Å². The van der Waals surface area contributed by atoms with Crippen molar-refractivity contribution in [2.45, 2.75) is 302 Å². The van der Waals surface area contributed by atoms with Gasteiger partial charge in [0.15, 0.2) is 59.7 Å². The quantitative estimate of drug-likeness (QED) is 0.0671. The van der Waals surface area contributed by atoms with Gasteiger partial charge in [-0.3, -0.25) is 42.4 Å². The van der Waals surface area contributed by atoms with E-state index in [0.29, 0.717) is 25.7 Å². The highest BCUT2D eigenvalue weighted by molar-refractivity contribution is 5.27. The molecule has 117 heavy (non-hydrogen) atoms. The van der Waals surface area contributed by atoms with Crippen LogP contribution in [0, 0.1) is 0 Å². The summed E-state index contributed by atoms with van der Waals surface area (Å²) in [7, 11) is 0. The van der Waals surface area contributed by atoms with E-state index in [0.717, 1.165) is 77.9 Å². The number of aliphatic hydroxyl groups excluding tert-OH is 4. The van der Waals surface area contributed by atoms with Gasteiger partial charge in [0.05, 0.1) is 13.2 Å². The third kappa shape index (κ3) is 15.4. The Morgan fingerprint density at radius 1 is 0.402 bits per heavy atom. The van der Waals surface area contributed by atoms with Crippen molar-refractivity contribution >= 4 is 17.5 Å². The van der Waals surface area contributed by atoms with Gasteiger partial charge in [-0.25, -0.2) is 45.9 Å². The van der Waals surface area contributed by atoms with Crippen LogP contribution < -0.4 is 56.8 Å². The molecule has 0 amide bonds. The number of anilines is 3. The van der Waals surface area contributed by atoms with Gasteiger partial charge >= 0.3 is 28.4 Å². The second-order valence-electron chi connectivity index (χ2n) is 32.3. The molecular weight excluding hydrogens is 1560 g/mol. The maximum Gasteiger partial charge on any atom is 0.351 e. The van der Waals surface area contributed by atoms with E-state index in [-0.39, 0.29) is 38.7 Å². The van der Waals surface area contributed by atoms with Crippen molar-refractivity contribution < 1.29 is 105 Å². The normalized spacial score (nSPS) is 37.8. The first-order chi connectivity index (χ1) is 54.2. The molecule has 0 radical (unpaired) electrons. The van der Waals surface area contributed by atoms with Crippen LogP contribution in [0.5, 0.6) is 0 Å². The van der Waals surface area contributed by atoms with Crippen LogP contribution in [-0.4, -0.2) is 229 Å². The first-order valence-corrected chi connectivity index (χ1v) is 38.2. The van der Waals surface area contributed by atoms with E-state index < -0.39 is 221 Å². The number of nitrogen functional groups attached to an aromatic ring is 3. The molecule has 13 heterocycles. The van der Waals surface area contributed by atoms with Crippen LogP contribution in [0.3, 0.4) is 0 Å². The fourth-order valence-electron chi connectivity index (χ4n) is 18.3. The van der Waals surface area contributed by atoms with Crippen LogP contribution in [-0.2, 0) is 52.1 Å². The first-order valence-electron chi connectivity index (χ1n) is 38.2. The highest BCUT2D eigenvalue weighted by atomic mass is 19.1. The van der Waals surface area contributed by atoms with Crippen LogP contribution in [0.1, 0.15) is 198 Å². The Kier molecular flexibility index (Phi) is 26.2. The summed E-state index contributed by atoms with van der Waals surface area (Å²) in [6.07, 6.45) is 7.14. The number of fused-ring (bicyclic) bond motifs is 3. The largest absolute Gasteiger partial charge is 0.393 e. The molecule has 16 rings (SSSR count). The summed E-state index contributed by atoms with van der Waals surface area (Å²) in [5.74, 6) is -2.16. The molecule has 0 aromatic carbocycles. The molecule has 3 spiro atoms. The topological polar surface area (TPSA) is 515 Å². The van der Waals surface area contributed by atoms with Crippen LogP contribution in [0.25, 0.3) is 0 Å². The number of hydrogen-bond acceptors (Lipinski definition) is 30. The molecule has 5 aromatic heterocycles. The maximum atomic E-state index is 14.1. The van der Waals surface area contributed by atoms with Gasteiger partial charge in [0.1, 0.15) is 126 Å². The summed E-state index contributed by atoms with van der Waals surface area (Å²) >= 11 is 0. The fourth-order valence-corrected chi connectivity index (χ4v) is 18.3. The third-order valence-corrected chi connectivity index (χ3v) is 24.6. The number of nitrogens with zero attached hydrogens (tertiary/aromatic N) is 8. The number of ether oxygens (including phenoxy) is 11. The highest BCUT2D eigenvalue weighted by Gasteiger charge is 2.75. The Balaban J connectivity index is 0.000000154. The smallest absolute Gasteiger partial charge is 0.351 e. The van der Waals surface area contributed by atoms with Crippen molar-refractivity contribution in [2.75, 3.05) is 63.8 Å². The van der Waals surface area contributed by atoms with Crippen molar-refractivity contribution in [1.29, 1.82) is 0 Å². The lowest BCUT2D eigenvalue weighted by Crippen LogP contribution is -2.52. The van der Waals surface area contributed by atoms with Crippen molar-refractivity contribution in [3.8, 4) is 0 Å². The van der Waals surface area contributed by atoms with E-state index in [4.69, 9.17) is 69.3 Å². The lowest BCUT2D eigenvalue weighted by molar-refractivity contribution is -0.253. The van der Waals surface area contributed by atoms with Crippen molar-refractivity contribution in [1.82, 2.24) is 47.8 Å². The highest BCUT2D eigenvalue weighted by Crippen LogP contribution is 2.62. The van der Waals surface area contributed by atoms with Gasteiger partial charge in [0.2, 0.25) is 0 Å². The van der Waals surface area contributed by atoms with Gasteiger partial charge in [-0.15, -0.1) is 0 Å². The van der Waals surface area contributed by atoms with Gasteiger partial charge in [-0.05, 0) is 111 Å². The minimum Gasteiger partial charge on any atom is -0.393 e. The Bertz CT molecular complexity index is 4530. The molecule has 20 atom stereocenters. The lowest BCUT2D eigenvalue weighted by atomic mass is 9.86. The second kappa shape index (κ2) is 33.4. The molecule has 8 aliphatic heterocycles. The lowest BCUT2D eigenvalue weighted by Gasteiger charge is -2.33. The molecule has 3 saturated carbocycles. The molecule has 42 heteroatoms. The van der Waals surface area contributed by atoms with Crippen LogP contribution in [0.4, 0.5) is 39.4 Å². The van der Waals surface area contributed by atoms with Crippen molar-refractivity contribution in [2.24, 2.45) is 0 Å². The monoisotopic (exact) mass is 1670 g/mol. The van der Waals surface area contributed by atoms with E-state index in [1.54, 1.807) is 20.8 Å². The Morgan fingerprint density at radius 3 is 0.923 bits per heavy atom. The fraction of sp³-hybridized carbons (Fsp3) is 0.733. The number of nitrogens with one attached hydrogen (secondary N) is 2. The van der Waals surface area contributed by atoms with Gasteiger partial charge in [-0.1, -0.05) is 35.6 Å². The molecule has 654 valence electrons. The predicted molar refractivity (Wildman–Crippen MR) is 404 cm³/mol. The molecule has 8 saturated heterocycles. The summed E-state index contributed by atoms with van der Waals surface area (Å²) in [5, 5.41) is 60.0. The first kappa shape index (κ1) is 91.7. The number of halogens is 5. The van der Waals surface area contributed by atoms with Crippen LogP contribution in [0.15, 0.2) is 94.9 Å². The summed E-state index contributed by atoms with van der Waals surface area (Å²) in [6.45, 7) is 7.02. The van der Waals surface area contributed by atoms with Gasteiger partial charge in [0.25, 0.3) is 11.1 Å². The number of rotatable bonds is 15. The van der Waals surface area contributed by atoms with Gasteiger partial charge in [-0.2, -0.15) is 15.0 Å². The zero-order chi connectivity index (χ0) is 83.9. The summed E-state index contributed by atoms with van der Waals surface area (Å²) in [5.41, 5.74) is -2.62. The minimum atomic E-state index is -1.99. The Labute approximate surface area is 667 Å². The van der Waals surface area contributed by atoms with E-state index in [1.807, 2.05) is 20.8 Å². The molecule has 37 nitrogen and oxygen atoms in total. The number of alkyl halides is 5. The number of H-pyrrole nitrogens is 2. The number of nitrogens with two attached hydrogens (primary N) is 3. The summed E-state index contributed by atoms with van der Waals surface area (Å²) < 4.78 is 141. The zero-order valence-electron chi connectivity index (χ0n) is 64.8. The zero-order valence-corrected chi connectivity index (χ0v) is 64.8. The van der Waals surface area contributed by atoms with E-state index in [2.05, 4.69) is 24.9 Å². The molecule has 11 aliphatic rings. The van der Waals surface area contributed by atoms with Gasteiger partial charge in [0, 0.05) is 81.6 Å². The standard InChI is InChI=1S/C17H24FN3O4.C17H23FN2O5.C16H21FN2O6.C12H18FN3O4.C11H16FN3O5.2CH4/c1-3-16(10-18)12-15(2,25-17(23-12)7-4-5-8-17)13(24-16)21-9-6-11(19)20-14(21)22;1-3-16(10-18)12-15(2,25-17(23-12)7-4-5-8-17)13(24-16)20-9-6-11(21)19-14(20)22;1-14-11(23-16(25-14)5-2-3-6-16)15(8-17,9-20)24-12(14)19-7-4-10(21)18-13(19)22;1-3-12(6-13)8(17)11(2,19)9(20-12)16-5-4-7(14)15-10(16)18;1-10(19)7(17)11(4-12,5-16)20-8(10)15-3-2-6(13)14-9(15)18;;/h6,9,12-13H,3-5,7-8,10H2,1-2H3,(H2,19,20,22);6,9,12-13H,3-5,7-8,10H2,1-2H3,(H,19,21,22);4,7,11-12,20H,2-3,5-6,8-9H2,1H3,(H,18,21,22);4-5,8-9,17,19H,3,6H2,1-2H3,(H2,14,15,18);2-3,7-8,16-17,19H,4-5H2,1H3,(H2,13,14,18);2*1H4/t2*12-,13+,15+,16-;11-,12+,14+,15+;8-,9+,11+,12-;7-,8+,10+,11+;;/m00000../s1. The molecule has 14 N–H and O–H groups in total. The molecule has 3 aliphatic carbocycles. The second-order valence-corrected chi connectivity index (χ2v) is 32.3. The number of aromatic amines is 2.